The Morgan fingerprint density at radius 3 is 2.62 bits per heavy atom. The highest BCUT2D eigenvalue weighted by atomic mass is 35.5. The van der Waals surface area contributed by atoms with Crippen molar-refractivity contribution in [3.8, 4) is 5.75 Å². The van der Waals surface area contributed by atoms with E-state index in [0.29, 0.717) is 5.75 Å². The maximum absolute atomic E-state index is 5.95. The Bertz CT molecular complexity index is 1110. The first-order chi connectivity index (χ1) is 15.7. The number of hydrogen-bond acceptors (Lipinski definition) is 5. The van der Waals surface area contributed by atoms with Crippen LogP contribution in [0.15, 0.2) is 70.8 Å². The van der Waals surface area contributed by atoms with Gasteiger partial charge in [-0.15, -0.1) is 11.8 Å². The molecule has 0 spiro atoms. The molecule has 4 nitrogen and oxygen atoms in total. The average molecular weight is 484 g/mol. The van der Waals surface area contributed by atoms with Crippen LogP contribution in [0.3, 0.4) is 0 Å². The zero-order valence-corrected chi connectivity index (χ0v) is 20.4. The van der Waals surface area contributed by atoms with Crippen molar-refractivity contribution in [3.05, 3.63) is 77.1 Å². The molecule has 2 heterocycles. The molecular weight excluding hydrogens is 458 g/mol. The normalized spacial score (nSPS) is 11.2. The van der Waals surface area contributed by atoms with Crippen LogP contribution in [-0.4, -0.2) is 27.8 Å². The van der Waals surface area contributed by atoms with Crippen LogP contribution in [0.25, 0.3) is 11.0 Å². The van der Waals surface area contributed by atoms with Crippen LogP contribution < -0.4 is 4.74 Å². The first kappa shape index (κ1) is 23.0. The van der Waals surface area contributed by atoms with E-state index in [0.717, 1.165) is 49.7 Å². The maximum Gasteiger partial charge on any atom is 0.166 e. The third kappa shape index (κ3) is 6.21. The topological polar surface area (TPSA) is 50.8 Å². The highest BCUT2D eigenvalue weighted by Gasteiger charge is 2.13. The standard InChI is InChI=1S/C25H26ClN3OS2/c1-30-24-22(17-32-25-28-20-8-4-5-9-21(20)29-25)27-15-14-23(24)31-16-6-2-3-7-18-10-12-19(26)13-11-18/h4-5,8-15H,2-3,6-7,16-17H2,1H3,(H,28,29). The minimum absolute atomic E-state index is 0.707. The van der Waals surface area contributed by atoms with Crippen molar-refractivity contribution in [1.29, 1.82) is 0 Å². The van der Waals surface area contributed by atoms with Crippen LogP contribution in [0, 0.1) is 0 Å². The molecule has 0 unspecified atom stereocenters. The number of H-pyrrole nitrogens is 1. The lowest BCUT2D eigenvalue weighted by molar-refractivity contribution is 0.398. The fourth-order valence-corrected chi connectivity index (χ4v) is 5.49. The number of para-hydroxylation sites is 2. The summed E-state index contributed by atoms with van der Waals surface area (Å²) in [7, 11) is 1.72. The predicted octanol–water partition coefficient (Wildman–Crippen LogP) is 7.42. The Balaban J connectivity index is 1.26. The predicted molar refractivity (Wildman–Crippen MR) is 136 cm³/mol. The number of benzene rings is 2. The van der Waals surface area contributed by atoms with Gasteiger partial charge in [0, 0.05) is 17.0 Å². The van der Waals surface area contributed by atoms with E-state index in [4.69, 9.17) is 16.3 Å². The number of aromatic amines is 1. The highest BCUT2D eigenvalue weighted by molar-refractivity contribution is 7.99. The van der Waals surface area contributed by atoms with E-state index in [9.17, 15) is 0 Å². The molecule has 0 amide bonds. The number of imidazole rings is 1. The minimum atomic E-state index is 0.707. The van der Waals surface area contributed by atoms with Crippen molar-refractivity contribution >= 4 is 46.2 Å². The number of halogens is 1. The summed E-state index contributed by atoms with van der Waals surface area (Å²) >= 11 is 9.44. The molecule has 0 bridgehead atoms. The van der Waals surface area contributed by atoms with Gasteiger partial charge < -0.3 is 9.72 Å². The van der Waals surface area contributed by atoms with E-state index in [-0.39, 0.29) is 0 Å². The Morgan fingerprint density at radius 2 is 1.81 bits per heavy atom. The summed E-state index contributed by atoms with van der Waals surface area (Å²) in [4.78, 5) is 13.7. The second-order valence-corrected chi connectivity index (χ2v) is 9.96. The van der Waals surface area contributed by atoms with Gasteiger partial charge in [-0.2, -0.15) is 0 Å². The molecule has 4 aromatic rings. The number of ether oxygens (including phenoxy) is 1. The molecule has 166 valence electrons. The molecule has 4 rings (SSSR count). The number of nitrogens with one attached hydrogen (secondary N) is 1. The van der Waals surface area contributed by atoms with Gasteiger partial charge >= 0.3 is 0 Å². The third-order valence-electron chi connectivity index (χ3n) is 5.14. The van der Waals surface area contributed by atoms with Gasteiger partial charge in [0.15, 0.2) is 10.9 Å². The van der Waals surface area contributed by atoms with Gasteiger partial charge in [-0.3, -0.25) is 4.98 Å². The first-order valence-corrected chi connectivity index (χ1v) is 13.0. The lowest BCUT2D eigenvalue weighted by atomic mass is 10.1. The summed E-state index contributed by atoms with van der Waals surface area (Å²) in [6, 6.07) is 18.3. The number of fused-ring (bicyclic) bond motifs is 1. The van der Waals surface area contributed by atoms with E-state index in [1.807, 2.05) is 60.4 Å². The summed E-state index contributed by atoms with van der Waals surface area (Å²) < 4.78 is 5.73. The SMILES string of the molecule is COc1c(SCCCCCc2ccc(Cl)cc2)ccnc1CSc1nc2ccccc2[nH]1. The van der Waals surface area contributed by atoms with Crippen molar-refractivity contribution in [1.82, 2.24) is 15.0 Å². The lowest BCUT2D eigenvalue weighted by Gasteiger charge is -2.12. The molecule has 0 aliphatic rings. The fourth-order valence-electron chi connectivity index (χ4n) is 3.48. The number of rotatable bonds is 11. The molecule has 1 N–H and O–H groups in total. The number of nitrogens with zero attached hydrogens (tertiary/aromatic N) is 2. The van der Waals surface area contributed by atoms with Gasteiger partial charge in [0.2, 0.25) is 0 Å². The largest absolute Gasteiger partial charge is 0.494 e. The van der Waals surface area contributed by atoms with Gasteiger partial charge in [-0.05, 0) is 60.9 Å². The smallest absolute Gasteiger partial charge is 0.166 e. The molecule has 2 aromatic carbocycles. The quantitative estimate of drug-likeness (QED) is 0.178. The van der Waals surface area contributed by atoms with Crippen LogP contribution in [0.2, 0.25) is 5.02 Å². The second-order valence-electron chi connectivity index (χ2n) is 7.42. The summed E-state index contributed by atoms with van der Waals surface area (Å²) in [6.07, 6.45) is 6.54. The van der Waals surface area contributed by atoms with E-state index < -0.39 is 0 Å². The molecule has 0 saturated carbocycles. The number of unbranched alkanes of at least 4 members (excludes halogenated alkanes) is 2. The third-order valence-corrected chi connectivity index (χ3v) is 7.40. The zero-order valence-electron chi connectivity index (χ0n) is 18.0. The van der Waals surface area contributed by atoms with Crippen LogP contribution in [-0.2, 0) is 12.2 Å². The molecule has 0 saturated heterocycles. The van der Waals surface area contributed by atoms with Gasteiger partial charge in [-0.25, -0.2) is 4.98 Å². The Hall–Kier alpha value is -2.15. The molecule has 0 fully saturated rings. The maximum atomic E-state index is 5.95. The van der Waals surface area contributed by atoms with Crippen molar-refractivity contribution in [3.63, 3.8) is 0 Å². The first-order valence-electron chi connectivity index (χ1n) is 10.7. The van der Waals surface area contributed by atoms with Crippen molar-refractivity contribution < 1.29 is 4.74 Å². The monoisotopic (exact) mass is 483 g/mol. The number of pyridine rings is 1. The van der Waals surface area contributed by atoms with Crippen LogP contribution in [0.5, 0.6) is 5.75 Å². The van der Waals surface area contributed by atoms with Crippen LogP contribution in [0.1, 0.15) is 30.5 Å². The fraction of sp³-hybridized carbons (Fsp3) is 0.280. The molecule has 2 aromatic heterocycles. The second kappa shape index (κ2) is 11.6. The molecule has 0 aliphatic heterocycles. The summed E-state index contributed by atoms with van der Waals surface area (Å²) in [6.45, 7) is 0. The Morgan fingerprint density at radius 1 is 0.969 bits per heavy atom. The molecule has 0 radical (unpaired) electrons. The number of methoxy groups -OCH3 is 1. The molecule has 0 aliphatic carbocycles. The number of thioether (sulfide) groups is 2. The van der Waals surface area contributed by atoms with Crippen molar-refractivity contribution in [2.24, 2.45) is 0 Å². The van der Waals surface area contributed by atoms with Gasteiger partial charge in [-0.1, -0.05) is 54.0 Å². The molecular formula is C25H26ClN3OS2. The van der Waals surface area contributed by atoms with Gasteiger partial charge in [0.05, 0.1) is 28.7 Å². The number of aryl methyl sites for hydroxylation is 1. The van der Waals surface area contributed by atoms with Gasteiger partial charge in [0.25, 0.3) is 0 Å². The van der Waals surface area contributed by atoms with E-state index in [2.05, 4.69) is 27.1 Å². The van der Waals surface area contributed by atoms with E-state index in [1.165, 1.54) is 24.8 Å². The zero-order chi connectivity index (χ0) is 22.2. The molecule has 32 heavy (non-hydrogen) atoms. The summed E-state index contributed by atoms with van der Waals surface area (Å²) in [5.74, 6) is 2.65. The molecule has 0 atom stereocenters. The lowest BCUT2D eigenvalue weighted by Crippen LogP contribution is -1.97. The van der Waals surface area contributed by atoms with Crippen LogP contribution >= 0.6 is 35.1 Å². The van der Waals surface area contributed by atoms with E-state index in [1.54, 1.807) is 18.9 Å². The van der Waals surface area contributed by atoms with Crippen molar-refractivity contribution in [2.45, 2.75) is 41.5 Å². The van der Waals surface area contributed by atoms with Gasteiger partial charge in [0.1, 0.15) is 0 Å². The summed E-state index contributed by atoms with van der Waals surface area (Å²) in [5, 5.41) is 1.70. The number of hydrogen-bond donors (Lipinski definition) is 1. The Kier molecular flexibility index (Phi) is 8.37. The van der Waals surface area contributed by atoms with Crippen LogP contribution in [0.4, 0.5) is 0 Å². The van der Waals surface area contributed by atoms with Crippen molar-refractivity contribution in [2.75, 3.05) is 12.9 Å². The summed E-state index contributed by atoms with van der Waals surface area (Å²) in [5.41, 5.74) is 4.33. The molecule has 7 heteroatoms. The number of aromatic nitrogens is 3. The average Bonchev–Trinajstić information content (AvgIpc) is 3.24. The highest BCUT2D eigenvalue weighted by Crippen LogP contribution is 2.35. The Labute approximate surface area is 202 Å². The van der Waals surface area contributed by atoms with E-state index >= 15 is 0 Å². The minimum Gasteiger partial charge on any atom is -0.494 e.